The molecule has 3 heteroatoms. The van der Waals surface area contributed by atoms with Crippen LogP contribution >= 0.6 is 0 Å². The van der Waals surface area contributed by atoms with Gasteiger partial charge in [-0.05, 0) is 43.9 Å². The fraction of sp³-hybridized carbons (Fsp3) is 0.333. The summed E-state index contributed by atoms with van der Waals surface area (Å²) in [4.78, 5) is 12.3. The molecule has 18 heavy (non-hydrogen) atoms. The Kier molecular flexibility index (Phi) is 2.74. The lowest BCUT2D eigenvalue weighted by molar-refractivity contribution is 0.665. The van der Waals surface area contributed by atoms with Gasteiger partial charge >= 0.3 is 0 Å². The van der Waals surface area contributed by atoms with Crippen LogP contribution in [0, 0.1) is 18.3 Å². The van der Waals surface area contributed by atoms with Crippen molar-refractivity contribution in [1.82, 2.24) is 4.57 Å². The highest BCUT2D eigenvalue weighted by atomic mass is 16.1. The Balaban J connectivity index is 2.90. The van der Waals surface area contributed by atoms with E-state index < -0.39 is 5.41 Å². The second-order valence-corrected chi connectivity index (χ2v) is 5.22. The molecular formula is C15H16N2O. The van der Waals surface area contributed by atoms with E-state index in [4.69, 9.17) is 0 Å². The van der Waals surface area contributed by atoms with Crippen LogP contribution in [-0.4, -0.2) is 4.57 Å². The van der Waals surface area contributed by atoms with Gasteiger partial charge in [0.15, 0.2) is 0 Å². The Morgan fingerprint density at radius 2 is 1.94 bits per heavy atom. The van der Waals surface area contributed by atoms with Gasteiger partial charge < -0.3 is 4.57 Å². The highest BCUT2D eigenvalue weighted by Crippen LogP contribution is 2.23. The van der Waals surface area contributed by atoms with Gasteiger partial charge in [0.05, 0.1) is 17.0 Å². The van der Waals surface area contributed by atoms with Gasteiger partial charge in [-0.2, -0.15) is 5.26 Å². The first-order valence-corrected chi connectivity index (χ1v) is 5.89. The summed E-state index contributed by atoms with van der Waals surface area (Å²) in [5.74, 6) is 0. The van der Waals surface area contributed by atoms with Gasteiger partial charge in [0, 0.05) is 12.6 Å². The monoisotopic (exact) mass is 240 g/mol. The lowest BCUT2D eigenvalue weighted by atomic mass is 9.86. The molecule has 1 aromatic carbocycles. The zero-order valence-electron chi connectivity index (χ0n) is 11.1. The molecule has 0 saturated carbocycles. The van der Waals surface area contributed by atoms with Gasteiger partial charge in [-0.15, -0.1) is 0 Å². The molecule has 0 radical (unpaired) electrons. The first-order chi connectivity index (χ1) is 8.36. The maximum Gasteiger partial charge on any atom is 0.255 e. The van der Waals surface area contributed by atoms with Crippen LogP contribution < -0.4 is 5.56 Å². The third-order valence-electron chi connectivity index (χ3n) is 3.34. The second kappa shape index (κ2) is 3.99. The second-order valence-electron chi connectivity index (χ2n) is 5.22. The molecule has 0 aliphatic carbocycles. The van der Waals surface area contributed by atoms with E-state index in [1.807, 2.05) is 31.2 Å². The van der Waals surface area contributed by atoms with Gasteiger partial charge in [0.25, 0.3) is 5.56 Å². The number of aryl methyl sites for hydroxylation is 2. The van der Waals surface area contributed by atoms with Gasteiger partial charge in [0.2, 0.25) is 0 Å². The number of fused-ring (bicyclic) bond motifs is 1. The van der Waals surface area contributed by atoms with Crippen LogP contribution in [0.3, 0.4) is 0 Å². The molecule has 1 aromatic heterocycles. The van der Waals surface area contributed by atoms with E-state index in [-0.39, 0.29) is 5.56 Å². The Morgan fingerprint density at radius 1 is 1.28 bits per heavy atom. The molecule has 0 aliphatic heterocycles. The third kappa shape index (κ3) is 1.80. The van der Waals surface area contributed by atoms with E-state index in [1.165, 1.54) is 0 Å². The van der Waals surface area contributed by atoms with Crippen molar-refractivity contribution in [3.8, 4) is 6.07 Å². The fourth-order valence-corrected chi connectivity index (χ4v) is 2.08. The highest BCUT2D eigenvalue weighted by molar-refractivity contribution is 5.80. The molecular weight excluding hydrogens is 224 g/mol. The zero-order chi connectivity index (χ0) is 13.5. The number of rotatable bonds is 1. The van der Waals surface area contributed by atoms with E-state index in [0.29, 0.717) is 5.56 Å². The molecule has 0 N–H and O–H groups in total. The van der Waals surface area contributed by atoms with E-state index in [0.717, 1.165) is 16.5 Å². The highest BCUT2D eigenvalue weighted by Gasteiger charge is 2.24. The number of nitriles is 1. The Labute approximate surface area is 106 Å². The molecule has 0 fully saturated rings. The summed E-state index contributed by atoms with van der Waals surface area (Å²) in [7, 11) is 1.75. The SMILES string of the molecule is Cc1ccc2cc(C(C)(C)C#N)c(=O)n(C)c2c1. The maximum absolute atomic E-state index is 12.3. The third-order valence-corrected chi connectivity index (χ3v) is 3.34. The van der Waals surface area contributed by atoms with Crippen LogP contribution in [0.4, 0.5) is 0 Å². The lowest BCUT2D eigenvalue weighted by Crippen LogP contribution is -2.30. The summed E-state index contributed by atoms with van der Waals surface area (Å²) in [6, 6.07) is 10.0. The topological polar surface area (TPSA) is 45.8 Å². The Bertz CT molecular complexity index is 718. The summed E-state index contributed by atoms with van der Waals surface area (Å²) in [6.07, 6.45) is 0. The average Bonchev–Trinajstić information content (AvgIpc) is 2.34. The van der Waals surface area contributed by atoms with Crippen molar-refractivity contribution in [2.75, 3.05) is 0 Å². The molecule has 2 rings (SSSR count). The van der Waals surface area contributed by atoms with Crippen LogP contribution in [0.2, 0.25) is 0 Å². The minimum Gasteiger partial charge on any atom is -0.311 e. The molecule has 1 heterocycles. The summed E-state index contributed by atoms with van der Waals surface area (Å²) >= 11 is 0. The quantitative estimate of drug-likeness (QED) is 0.769. The van der Waals surface area contributed by atoms with Gasteiger partial charge in [-0.1, -0.05) is 12.1 Å². The van der Waals surface area contributed by atoms with Gasteiger partial charge in [0.1, 0.15) is 0 Å². The summed E-state index contributed by atoms with van der Waals surface area (Å²) in [5, 5.41) is 10.2. The first kappa shape index (κ1) is 12.4. The molecule has 0 saturated heterocycles. The number of pyridine rings is 1. The predicted molar refractivity (Wildman–Crippen MR) is 72.6 cm³/mol. The normalized spacial score (nSPS) is 11.5. The molecule has 0 aliphatic rings. The van der Waals surface area contributed by atoms with Gasteiger partial charge in [-0.25, -0.2) is 0 Å². The number of benzene rings is 1. The largest absolute Gasteiger partial charge is 0.311 e. The maximum atomic E-state index is 12.3. The minimum absolute atomic E-state index is 0.0975. The smallest absolute Gasteiger partial charge is 0.255 e. The lowest BCUT2D eigenvalue weighted by Gasteiger charge is -2.17. The van der Waals surface area contributed by atoms with E-state index in [2.05, 4.69) is 6.07 Å². The van der Waals surface area contributed by atoms with Crippen molar-refractivity contribution in [3.05, 3.63) is 45.7 Å². The standard InChI is InChI=1S/C15H16N2O/c1-10-5-6-11-8-12(15(2,3)9-16)14(18)17(4)13(11)7-10/h5-8H,1-4H3. The molecule has 0 atom stereocenters. The van der Waals surface area contributed by atoms with Crippen LogP contribution in [0.1, 0.15) is 25.0 Å². The number of aromatic nitrogens is 1. The molecule has 92 valence electrons. The van der Waals surface area contributed by atoms with E-state index >= 15 is 0 Å². The van der Waals surface area contributed by atoms with Crippen molar-refractivity contribution in [3.63, 3.8) is 0 Å². The van der Waals surface area contributed by atoms with E-state index in [1.54, 1.807) is 25.5 Å². The van der Waals surface area contributed by atoms with Crippen LogP contribution in [0.5, 0.6) is 0 Å². The molecule has 2 aromatic rings. The van der Waals surface area contributed by atoms with E-state index in [9.17, 15) is 10.1 Å². The van der Waals surface area contributed by atoms with Crippen molar-refractivity contribution in [2.24, 2.45) is 7.05 Å². The van der Waals surface area contributed by atoms with Crippen molar-refractivity contribution in [1.29, 1.82) is 5.26 Å². The molecule has 0 spiro atoms. The minimum atomic E-state index is -0.770. The zero-order valence-corrected chi connectivity index (χ0v) is 11.1. The number of hydrogen-bond acceptors (Lipinski definition) is 2. The molecule has 0 unspecified atom stereocenters. The van der Waals surface area contributed by atoms with Crippen LogP contribution in [0.15, 0.2) is 29.1 Å². The summed E-state index contributed by atoms with van der Waals surface area (Å²) < 4.78 is 1.62. The molecule has 0 bridgehead atoms. The van der Waals surface area contributed by atoms with Crippen molar-refractivity contribution >= 4 is 10.9 Å². The number of nitrogens with zero attached hydrogens (tertiary/aromatic N) is 2. The summed E-state index contributed by atoms with van der Waals surface area (Å²) in [5.41, 5.74) is 1.69. The average molecular weight is 240 g/mol. The van der Waals surface area contributed by atoms with Crippen LogP contribution in [0.25, 0.3) is 10.9 Å². The predicted octanol–water partition coefficient (Wildman–Crippen LogP) is 2.65. The first-order valence-electron chi connectivity index (χ1n) is 5.89. The number of hydrogen-bond donors (Lipinski definition) is 0. The van der Waals surface area contributed by atoms with Crippen molar-refractivity contribution < 1.29 is 0 Å². The Hall–Kier alpha value is -2.08. The Morgan fingerprint density at radius 3 is 2.56 bits per heavy atom. The van der Waals surface area contributed by atoms with Crippen LogP contribution in [-0.2, 0) is 12.5 Å². The van der Waals surface area contributed by atoms with Gasteiger partial charge in [-0.3, -0.25) is 4.79 Å². The summed E-state index contributed by atoms with van der Waals surface area (Å²) in [6.45, 7) is 5.53. The fourth-order valence-electron chi connectivity index (χ4n) is 2.08. The molecule has 0 amide bonds. The van der Waals surface area contributed by atoms with Crippen molar-refractivity contribution in [2.45, 2.75) is 26.2 Å². The molecule has 3 nitrogen and oxygen atoms in total.